The van der Waals surface area contributed by atoms with Crippen LogP contribution < -0.4 is 4.90 Å². The highest BCUT2D eigenvalue weighted by molar-refractivity contribution is 7.83. The van der Waals surface area contributed by atoms with E-state index in [2.05, 4.69) is 0 Å². The van der Waals surface area contributed by atoms with Crippen LogP contribution in [0, 0.1) is 10.1 Å². The summed E-state index contributed by atoms with van der Waals surface area (Å²) in [5.74, 6) is 0.122. The van der Waals surface area contributed by atoms with Crippen LogP contribution in [0.3, 0.4) is 0 Å². The van der Waals surface area contributed by atoms with Gasteiger partial charge in [0.2, 0.25) is 0 Å². The number of nitro groups is 1. The highest BCUT2D eigenvalue weighted by Crippen LogP contribution is 2.36. The van der Waals surface area contributed by atoms with Crippen molar-refractivity contribution in [3.63, 3.8) is 0 Å². The lowest BCUT2D eigenvalue weighted by Gasteiger charge is -2.36. The molecule has 166 valence electrons. The van der Waals surface area contributed by atoms with E-state index < -0.39 is 33.2 Å². The van der Waals surface area contributed by atoms with Crippen molar-refractivity contribution < 1.29 is 27.1 Å². The van der Waals surface area contributed by atoms with Crippen molar-refractivity contribution in [1.82, 2.24) is 4.90 Å². The van der Waals surface area contributed by atoms with Crippen LogP contribution in [0.4, 0.5) is 24.5 Å². The summed E-state index contributed by atoms with van der Waals surface area (Å²) in [5, 5.41) is 11.3. The molecule has 1 fully saturated rings. The lowest BCUT2D eigenvalue weighted by molar-refractivity contribution is -0.384. The number of hydrogen-bond acceptors (Lipinski definition) is 5. The molecule has 0 aromatic heterocycles. The first-order valence-corrected chi connectivity index (χ1v) is 11.1. The van der Waals surface area contributed by atoms with E-state index >= 15 is 0 Å². The molecule has 31 heavy (non-hydrogen) atoms. The second-order valence-corrected chi connectivity index (χ2v) is 8.59. The predicted octanol–water partition coefficient (Wildman–Crippen LogP) is 3.45. The molecule has 0 saturated carbocycles. The smallest absolute Gasteiger partial charge is 0.362 e. The predicted molar refractivity (Wildman–Crippen MR) is 110 cm³/mol. The summed E-state index contributed by atoms with van der Waals surface area (Å²) < 4.78 is 50.1. The lowest BCUT2D eigenvalue weighted by atomic mass is 10.1. The van der Waals surface area contributed by atoms with E-state index in [1.54, 1.807) is 40.3 Å². The zero-order chi connectivity index (χ0) is 22.8. The van der Waals surface area contributed by atoms with Crippen LogP contribution in [0.2, 0.25) is 0 Å². The Labute approximate surface area is 179 Å². The third-order valence-electron chi connectivity index (χ3n) is 4.95. The van der Waals surface area contributed by atoms with Gasteiger partial charge < -0.3 is 9.80 Å². The first kappa shape index (κ1) is 22.7. The summed E-state index contributed by atoms with van der Waals surface area (Å²) in [6.07, 6.45) is -3.10. The van der Waals surface area contributed by atoms with Crippen molar-refractivity contribution in [3.8, 4) is 0 Å². The minimum atomic E-state index is -4.67. The maximum absolute atomic E-state index is 12.9. The quantitative estimate of drug-likeness (QED) is 0.509. The van der Waals surface area contributed by atoms with Crippen LogP contribution in [-0.2, 0) is 22.7 Å². The van der Waals surface area contributed by atoms with Gasteiger partial charge in [0.1, 0.15) is 5.69 Å². The Balaban J connectivity index is 1.73. The van der Waals surface area contributed by atoms with Crippen LogP contribution in [0.1, 0.15) is 21.5 Å². The number of nitrogens with zero attached hydrogens (tertiary/aromatic N) is 3. The van der Waals surface area contributed by atoms with Crippen LogP contribution in [0.5, 0.6) is 0 Å². The first-order valence-electron chi connectivity index (χ1n) is 9.35. The van der Waals surface area contributed by atoms with Crippen molar-refractivity contribution in [1.29, 1.82) is 0 Å². The molecule has 7 nitrogen and oxygen atoms in total. The lowest BCUT2D eigenvalue weighted by Crippen LogP contribution is -2.49. The Kier molecular flexibility index (Phi) is 6.63. The number of benzene rings is 2. The fourth-order valence-electron chi connectivity index (χ4n) is 3.48. The molecule has 11 heteroatoms. The number of nitro benzene ring substituents is 1. The highest BCUT2D eigenvalue weighted by Gasteiger charge is 2.34. The molecule has 0 aliphatic carbocycles. The molecular weight excluding hydrogens is 435 g/mol. The second kappa shape index (κ2) is 9.04. The molecule has 1 heterocycles. The van der Waals surface area contributed by atoms with E-state index in [-0.39, 0.29) is 37.8 Å². The average Bonchev–Trinajstić information content (AvgIpc) is 2.72. The summed E-state index contributed by atoms with van der Waals surface area (Å²) in [4.78, 5) is 26.5. The molecule has 1 saturated heterocycles. The highest BCUT2D eigenvalue weighted by atomic mass is 32.2. The molecule has 1 atom stereocenters. The molecular formula is C20H20F3N3O4S. The van der Waals surface area contributed by atoms with Crippen molar-refractivity contribution in [3.05, 3.63) is 69.3 Å². The largest absolute Gasteiger partial charge is 0.416 e. The van der Waals surface area contributed by atoms with Gasteiger partial charge in [0.25, 0.3) is 11.6 Å². The Morgan fingerprint density at radius 2 is 1.81 bits per heavy atom. The summed E-state index contributed by atoms with van der Waals surface area (Å²) in [6, 6.07) is 9.33. The molecule has 1 unspecified atom stereocenters. The van der Waals surface area contributed by atoms with Crippen LogP contribution >= 0.6 is 0 Å². The van der Waals surface area contributed by atoms with E-state index in [9.17, 15) is 32.3 Å². The molecule has 0 bridgehead atoms. The maximum atomic E-state index is 12.9. The van der Waals surface area contributed by atoms with Crippen LogP contribution in [0.15, 0.2) is 42.5 Å². The fraction of sp³-hybridized carbons (Fsp3) is 0.350. The standard InChI is InChI=1S/C20H20F3N3O4S/c1-31(30)13-14-3-2-4-15(11-14)19(27)25-9-7-24(8-10-25)17-6-5-16(20(21,22)23)12-18(17)26(28)29/h2-6,11-12H,7-10,13H2,1H3. The van der Waals surface area contributed by atoms with E-state index in [0.29, 0.717) is 17.4 Å². The van der Waals surface area contributed by atoms with Gasteiger partial charge in [0.05, 0.1) is 10.5 Å². The Morgan fingerprint density at radius 3 is 2.39 bits per heavy atom. The number of anilines is 1. The van der Waals surface area contributed by atoms with Crippen LogP contribution in [0.25, 0.3) is 0 Å². The topological polar surface area (TPSA) is 83.8 Å². The van der Waals surface area contributed by atoms with Crippen molar-refractivity contribution in [2.24, 2.45) is 0 Å². The SMILES string of the molecule is CS(=O)Cc1cccc(C(=O)N2CCN(c3ccc(C(F)(F)F)cc3[N+](=O)[O-])CC2)c1. The van der Waals surface area contributed by atoms with E-state index in [1.165, 1.54) is 0 Å². The third kappa shape index (κ3) is 5.40. The Morgan fingerprint density at radius 1 is 1.13 bits per heavy atom. The normalized spacial score (nSPS) is 15.6. The third-order valence-corrected chi connectivity index (χ3v) is 5.69. The second-order valence-electron chi connectivity index (χ2n) is 7.16. The number of carbonyl (C=O) groups excluding carboxylic acids is 1. The Bertz CT molecular complexity index is 1020. The first-order chi connectivity index (χ1) is 14.6. The minimum Gasteiger partial charge on any atom is -0.362 e. The molecule has 0 radical (unpaired) electrons. The number of rotatable bonds is 5. The van der Waals surface area contributed by atoms with Crippen molar-refractivity contribution in [2.75, 3.05) is 37.3 Å². The van der Waals surface area contributed by atoms with Gasteiger partial charge in [0.15, 0.2) is 0 Å². The number of amides is 1. The molecule has 2 aromatic rings. The number of halogens is 3. The van der Waals surface area contributed by atoms with E-state index in [4.69, 9.17) is 0 Å². The maximum Gasteiger partial charge on any atom is 0.416 e. The zero-order valence-electron chi connectivity index (χ0n) is 16.6. The summed E-state index contributed by atoms with van der Waals surface area (Å²) >= 11 is 0. The molecule has 2 aromatic carbocycles. The van der Waals surface area contributed by atoms with Crippen molar-refractivity contribution >= 4 is 28.1 Å². The number of alkyl halides is 3. The fourth-order valence-corrected chi connectivity index (χ4v) is 4.12. The van der Waals surface area contributed by atoms with Gasteiger partial charge in [-0.2, -0.15) is 13.2 Å². The van der Waals surface area contributed by atoms with Gasteiger partial charge in [-0.25, -0.2) is 0 Å². The average molecular weight is 455 g/mol. The van der Waals surface area contributed by atoms with Gasteiger partial charge in [0, 0.05) is 60.6 Å². The van der Waals surface area contributed by atoms with Gasteiger partial charge >= 0.3 is 6.18 Å². The van der Waals surface area contributed by atoms with Gasteiger partial charge in [-0.1, -0.05) is 12.1 Å². The van der Waals surface area contributed by atoms with E-state index in [0.717, 1.165) is 17.7 Å². The molecule has 1 amide bonds. The summed E-state index contributed by atoms with van der Waals surface area (Å²) in [6.45, 7) is 1.02. The molecule has 1 aliphatic heterocycles. The molecule has 3 rings (SSSR count). The Hall–Kier alpha value is -2.95. The number of hydrogen-bond donors (Lipinski definition) is 0. The van der Waals surface area contributed by atoms with Gasteiger partial charge in [-0.15, -0.1) is 0 Å². The minimum absolute atomic E-state index is 0.0949. The van der Waals surface area contributed by atoms with Crippen molar-refractivity contribution in [2.45, 2.75) is 11.9 Å². The van der Waals surface area contributed by atoms with Crippen LogP contribution in [-0.4, -0.2) is 52.4 Å². The number of piperazine rings is 1. The monoisotopic (exact) mass is 455 g/mol. The summed E-state index contributed by atoms with van der Waals surface area (Å²) in [7, 11) is -1.04. The zero-order valence-corrected chi connectivity index (χ0v) is 17.4. The molecule has 0 spiro atoms. The number of carbonyl (C=O) groups is 1. The molecule has 1 aliphatic rings. The van der Waals surface area contributed by atoms with Gasteiger partial charge in [-0.3, -0.25) is 19.1 Å². The molecule has 0 N–H and O–H groups in total. The van der Waals surface area contributed by atoms with E-state index in [1.807, 2.05) is 0 Å². The summed E-state index contributed by atoms with van der Waals surface area (Å²) in [5.41, 5.74) is -0.361. The van der Waals surface area contributed by atoms with Gasteiger partial charge in [-0.05, 0) is 29.8 Å².